The average molecular weight is 441 g/mol. The molecular weight excluding hydrogens is 404 g/mol. The van der Waals surface area contributed by atoms with Gasteiger partial charge in [0, 0.05) is 17.2 Å². The number of anilines is 1. The molecule has 0 amide bonds. The zero-order valence-electron chi connectivity index (χ0n) is 19.3. The number of ether oxygens (including phenoxy) is 2. The van der Waals surface area contributed by atoms with Crippen LogP contribution in [0, 0.1) is 0 Å². The van der Waals surface area contributed by atoms with Crippen molar-refractivity contribution in [2.75, 3.05) is 50.6 Å². The molecular formula is C26H36N2O2S. The molecule has 0 radical (unpaired) electrons. The van der Waals surface area contributed by atoms with E-state index in [1.807, 2.05) is 24.8 Å². The molecule has 0 saturated heterocycles. The van der Waals surface area contributed by atoms with Crippen LogP contribution in [0.5, 0.6) is 5.75 Å². The van der Waals surface area contributed by atoms with Crippen molar-refractivity contribution < 1.29 is 9.47 Å². The van der Waals surface area contributed by atoms with Crippen LogP contribution in [0.25, 0.3) is 0 Å². The molecule has 2 atom stereocenters. The van der Waals surface area contributed by atoms with Crippen molar-refractivity contribution in [2.45, 2.75) is 37.8 Å². The highest BCUT2D eigenvalue weighted by atomic mass is 32.2. The smallest absolute Gasteiger partial charge is 0.119 e. The van der Waals surface area contributed by atoms with Crippen molar-refractivity contribution in [1.82, 2.24) is 4.90 Å². The first kappa shape index (κ1) is 23.7. The zero-order chi connectivity index (χ0) is 22.2. The average Bonchev–Trinajstić information content (AvgIpc) is 2.79. The minimum Gasteiger partial charge on any atom is -0.497 e. The second-order valence-electron chi connectivity index (χ2n) is 8.07. The largest absolute Gasteiger partial charge is 0.497 e. The van der Waals surface area contributed by atoms with E-state index in [4.69, 9.17) is 9.47 Å². The van der Waals surface area contributed by atoms with Gasteiger partial charge in [-0.15, -0.1) is 11.8 Å². The second kappa shape index (κ2) is 11.6. The van der Waals surface area contributed by atoms with Crippen LogP contribution in [0.15, 0.2) is 65.6 Å². The Hall–Kier alpha value is -1.95. The van der Waals surface area contributed by atoms with Crippen LogP contribution in [-0.2, 0) is 4.74 Å². The van der Waals surface area contributed by atoms with Crippen LogP contribution in [0.1, 0.15) is 32.4 Å². The third kappa shape index (κ3) is 6.06. The van der Waals surface area contributed by atoms with Crippen LogP contribution < -0.4 is 9.64 Å². The van der Waals surface area contributed by atoms with E-state index >= 15 is 0 Å². The number of methoxy groups -OCH3 is 1. The highest BCUT2D eigenvalue weighted by molar-refractivity contribution is 7.99. The number of nitrogens with zero attached hydrogens (tertiary/aromatic N) is 2. The lowest BCUT2D eigenvalue weighted by molar-refractivity contribution is 0.0772. The summed E-state index contributed by atoms with van der Waals surface area (Å²) in [5.74, 6) is 1.92. The number of hydrogen-bond acceptors (Lipinski definition) is 5. The lowest BCUT2D eigenvalue weighted by atomic mass is 10.0. The maximum absolute atomic E-state index is 6.06. The maximum atomic E-state index is 6.06. The van der Waals surface area contributed by atoms with E-state index in [-0.39, 0.29) is 6.04 Å². The molecule has 0 saturated carbocycles. The van der Waals surface area contributed by atoms with Crippen LogP contribution >= 0.6 is 11.8 Å². The molecule has 2 aromatic carbocycles. The van der Waals surface area contributed by atoms with E-state index in [0.717, 1.165) is 36.7 Å². The highest BCUT2D eigenvalue weighted by Crippen LogP contribution is 2.43. The van der Waals surface area contributed by atoms with Gasteiger partial charge in [-0.25, -0.2) is 0 Å². The Morgan fingerprint density at radius 3 is 2.68 bits per heavy atom. The summed E-state index contributed by atoms with van der Waals surface area (Å²) in [7, 11) is 1.73. The molecule has 0 bridgehead atoms. The van der Waals surface area contributed by atoms with Gasteiger partial charge in [-0.3, -0.25) is 4.90 Å². The molecule has 0 aromatic heterocycles. The Morgan fingerprint density at radius 1 is 1.19 bits per heavy atom. The predicted molar refractivity (Wildman–Crippen MR) is 133 cm³/mol. The fourth-order valence-electron chi connectivity index (χ4n) is 4.20. The van der Waals surface area contributed by atoms with Crippen molar-refractivity contribution in [3.63, 3.8) is 0 Å². The van der Waals surface area contributed by atoms with Crippen molar-refractivity contribution in [2.24, 2.45) is 0 Å². The first-order valence-corrected chi connectivity index (χ1v) is 12.1. The monoisotopic (exact) mass is 440 g/mol. The molecule has 0 aliphatic carbocycles. The molecule has 3 rings (SSSR count). The number of thioether (sulfide) groups is 1. The molecule has 31 heavy (non-hydrogen) atoms. The summed E-state index contributed by atoms with van der Waals surface area (Å²) in [6, 6.07) is 17.9. The number of fused-ring (bicyclic) bond motifs is 1. The van der Waals surface area contributed by atoms with E-state index in [9.17, 15) is 0 Å². The molecule has 1 aliphatic heterocycles. The lowest BCUT2D eigenvalue weighted by Crippen LogP contribution is -2.49. The second-order valence-corrected chi connectivity index (χ2v) is 9.13. The van der Waals surface area contributed by atoms with Crippen molar-refractivity contribution in [1.29, 1.82) is 0 Å². The van der Waals surface area contributed by atoms with Gasteiger partial charge in [-0.2, -0.15) is 0 Å². The van der Waals surface area contributed by atoms with Gasteiger partial charge < -0.3 is 14.4 Å². The topological polar surface area (TPSA) is 24.9 Å². The molecule has 0 fully saturated rings. The van der Waals surface area contributed by atoms with Crippen molar-refractivity contribution in [3.05, 3.63) is 66.2 Å². The van der Waals surface area contributed by atoms with Gasteiger partial charge in [0.05, 0.1) is 38.1 Å². The number of likely N-dealkylation sites (N-methyl/N-ethyl adjacent to an activating group) is 1. The SMILES string of the molecule is C=C(C)COCC(CN1c2ccccc2SCC1c1cccc(OC)c1)N(CC)CC. The summed E-state index contributed by atoms with van der Waals surface area (Å²) in [5, 5.41) is 0. The van der Waals surface area contributed by atoms with Gasteiger partial charge in [-0.1, -0.05) is 50.3 Å². The van der Waals surface area contributed by atoms with E-state index < -0.39 is 0 Å². The van der Waals surface area contributed by atoms with Gasteiger partial charge in [0.1, 0.15) is 5.75 Å². The summed E-state index contributed by atoms with van der Waals surface area (Å²) < 4.78 is 11.6. The van der Waals surface area contributed by atoms with Gasteiger partial charge in [0.15, 0.2) is 0 Å². The number of hydrogen-bond donors (Lipinski definition) is 0. The molecule has 1 aliphatic rings. The standard InChI is InChI=1S/C26H36N2O2S/c1-6-27(7-2)22(18-30-17-20(3)4)16-28-24-13-8-9-14-26(24)31-19-25(28)21-11-10-12-23(15-21)29-5/h8-15,22,25H,3,6-7,16-19H2,1-2,4-5H3. The highest BCUT2D eigenvalue weighted by Gasteiger charge is 2.31. The fourth-order valence-corrected chi connectivity index (χ4v) is 5.42. The molecule has 2 aromatic rings. The van der Waals surface area contributed by atoms with E-state index in [1.54, 1.807) is 7.11 Å². The van der Waals surface area contributed by atoms with Crippen molar-refractivity contribution in [3.8, 4) is 5.75 Å². The quantitative estimate of drug-likeness (QED) is 0.420. The number of para-hydroxylation sites is 1. The molecule has 2 unspecified atom stereocenters. The maximum Gasteiger partial charge on any atom is 0.119 e. The summed E-state index contributed by atoms with van der Waals surface area (Å²) in [6.45, 7) is 14.7. The number of benzene rings is 2. The summed E-state index contributed by atoms with van der Waals surface area (Å²) in [6.07, 6.45) is 0. The Morgan fingerprint density at radius 2 is 1.97 bits per heavy atom. The van der Waals surface area contributed by atoms with Crippen LogP contribution in [0.4, 0.5) is 5.69 Å². The molecule has 0 spiro atoms. The molecule has 4 nitrogen and oxygen atoms in total. The first-order valence-electron chi connectivity index (χ1n) is 11.2. The number of rotatable bonds is 11. The Balaban J connectivity index is 1.93. The third-order valence-electron chi connectivity index (χ3n) is 5.82. The molecule has 168 valence electrons. The minimum atomic E-state index is 0.286. The first-order chi connectivity index (χ1) is 15.1. The summed E-state index contributed by atoms with van der Waals surface area (Å²) >= 11 is 1.94. The molecule has 5 heteroatoms. The Kier molecular flexibility index (Phi) is 8.88. The summed E-state index contributed by atoms with van der Waals surface area (Å²) in [4.78, 5) is 6.43. The van der Waals surface area contributed by atoms with Gasteiger partial charge in [0.25, 0.3) is 0 Å². The van der Waals surface area contributed by atoms with Crippen LogP contribution in [0.3, 0.4) is 0 Å². The fraction of sp³-hybridized carbons (Fsp3) is 0.462. The van der Waals surface area contributed by atoms with Crippen LogP contribution in [-0.4, -0.2) is 56.7 Å². The minimum absolute atomic E-state index is 0.286. The molecule has 0 N–H and O–H groups in total. The normalized spacial score (nSPS) is 16.8. The van der Waals surface area contributed by atoms with E-state index in [0.29, 0.717) is 19.3 Å². The predicted octanol–water partition coefficient (Wildman–Crippen LogP) is 5.65. The van der Waals surface area contributed by atoms with E-state index in [2.05, 4.69) is 72.7 Å². The van der Waals surface area contributed by atoms with Gasteiger partial charge >= 0.3 is 0 Å². The Bertz CT molecular complexity index is 853. The zero-order valence-corrected chi connectivity index (χ0v) is 20.2. The van der Waals surface area contributed by atoms with Crippen molar-refractivity contribution >= 4 is 17.4 Å². The van der Waals surface area contributed by atoms with Crippen LogP contribution in [0.2, 0.25) is 0 Å². The lowest BCUT2D eigenvalue weighted by Gasteiger charge is -2.43. The molecule has 1 heterocycles. The summed E-state index contributed by atoms with van der Waals surface area (Å²) in [5.41, 5.74) is 3.67. The van der Waals surface area contributed by atoms with Gasteiger partial charge in [-0.05, 0) is 49.8 Å². The third-order valence-corrected chi connectivity index (χ3v) is 6.96. The van der Waals surface area contributed by atoms with Gasteiger partial charge in [0.2, 0.25) is 0 Å². The Labute approximate surface area is 192 Å². The van der Waals surface area contributed by atoms with E-state index in [1.165, 1.54) is 16.1 Å².